The summed E-state index contributed by atoms with van der Waals surface area (Å²) in [5.41, 5.74) is 2.98. The third-order valence-electron chi connectivity index (χ3n) is 4.28. The van der Waals surface area contributed by atoms with Gasteiger partial charge in [0.1, 0.15) is 10.3 Å². The number of carbonyl (C=O) groups is 1. The van der Waals surface area contributed by atoms with Crippen molar-refractivity contribution in [3.63, 3.8) is 0 Å². The summed E-state index contributed by atoms with van der Waals surface area (Å²) in [5, 5.41) is 1.95. The van der Waals surface area contributed by atoms with Crippen LogP contribution in [0.2, 0.25) is 10.3 Å². The molecule has 2 nitrogen and oxygen atoms in total. The minimum atomic E-state index is -0.0756. The molecule has 0 aliphatic heterocycles. The third-order valence-corrected chi connectivity index (χ3v) is 4.77. The Balaban J connectivity index is 2.08. The SMILES string of the molecule is O=C(c1ccccc1)c1c(-c2ccccc2)ccc2c(Cl)nc(Cl)cc12. The Labute approximate surface area is 161 Å². The van der Waals surface area contributed by atoms with Crippen molar-refractivity contribution in [2.75, 3.05) is 0 Å². The first kappa shape index (κ1) is 16.8. The Morgan fingerprint density at radius 3 is 2.12 bits per heavy atom. The van der Waals surface area contributed by atoms with Gasteiger partial charge in [-0.3, -0.25) is 4.79 Å². The normalized spacial score (nSPS) is 10.8. The molecular weight excluding hydrogens is 365 g/mol. The molecule has 0 saturated carbocycles. The highest BCUT2D eigenvalue weighted by Crippen LogP contribution is 2.35. The van der Waals surface area contributed by atoms with Crippen molar-refractivity contribution in [3.8, 4) is 11.1 Å². The Bertz CT molecular complexity index is 1110. The average molecular weight is 378 g/mol. The van der Waals surface area contributed by atoms with Crippen molar-refractivity contribution < 1.29 is 4.79 Å². The van der Waals surface area contributed by atoms with Crippen LogP contribution in [0.5, 0.6) is 0 Å². The summed E-state index contributed by atoms with van der Waals surface area (Å²) >= 11 is 12.4. The quantitative estimate of drug-likeness (QED) is 0.303. The Morgan fingerprint density at radius 2 is 1.42 bits per heavy atom. The van der Waals surface area contributed by atoms with Crippen molar-refractivity contribution in [2.45, 2.75) is 0 Å². The fourth-order valence-electron chi connectivity index (χ4n) is 3.09. The molecule has 26 heavy (non-hydrogen) atoms. The van der Waals surface area contributed by atoms with Crippen LogP contribution in [0.3, 0.4) is 0 Å². The number of rotatable bonds is 3. The molecule has 4 aromatic rings. The summed E-state index contributed by atoms with van der Waals surface area (Å²) in [6, 6.07) is 24.5. The van der Waals surface area contributed by atoms with Crippen LogP contribution in [0.15, 0.2) is 78.9 Å². The van der Waals surface area contributed by atoms with E-state index in [-0.39, 0.29) is 16.1 Å². The smallest absolute Gasteiger partial charge is 0.194 e. The second-order valence-corrected chi connectivity index (χ2v) is 6.63. The molecular formula is C22H13Cl2NO. The van der Waals surface area contributed by atoms with Gasteiger partial charge in [0.15, 0.2) is 5.78 Å². The predicted molar refractivity (Wildman–Crippen MR) is 107 cm³/mol. The largest absolute Gasteiger partial charge is 0.289 e. The molecule has 0 spiro atoms. The first-order valence-corrected chi connectivity index (χ1v) is 8.84. The minimum absolute atomic E-state index is 0.0756. The maximum absolute atomic E-state index is 13.4. The molecule has 0 aliphatic carbocycles. The number of pyridine rings is 1. The van der Waals surface area contributed by atoms with Gasteiger partial charge >= 0.3 is 0 Å². The molecule has 126 valence electrons. The Morgan fingerprint density at radius 1 is 0.769 bits per heavy atom. The van der Waals surface area contributed by atoms with Gasteiger partial charge < -0.3 is 0 Å². The van der Waals surface area contributed by atoms with Crippen LogP contribution in [0.25, 0.3) is 21.9 Å². The molecule has 0 bridgehead atoms. The van der Waals surface area contributed by atoms with Crippen LogP contribution in [0.4, 0.5) is 0 Å². The molecule has 1 aromatic heterocycles. The highest BCUT2D eigenvalue weighted by molar-refractivity contribution is 6.37. The summed E-state index contributed by atoms with van der Waals surface area (Å²) < 4.78 is 0. The fourth-order valence-corrected chi connectivity index (χ4v) is 3.58. The summed E-state index contributed by atoms with van der Waals surface area (Å²) in [6.07, 6.45) is 0. The molecule has 4 rings (SSSR count). The number of hydrogen-bond acceptors (Lipinski definition) is 2. The van der Waals surface area contributed by atoms with Gasteiger partial charge in [-0.1, -0.05) is 96.0 Å². The van der Waals surface area contributed by atoms with Gasteiger partial charge in [-0.2, -0.15) is 0 Å². The highest BCUT2D eigenvalue weighted by Gasteiger charge is 2.20. The van der Waals surface area contributed by atoms with Gasteiger partial charge in [0, 0.05) is 16.5 Å². The topological polar surface area (TPSA) is 30.0 Å². The van der Waals surface area contributed by atoms with Crippen LogP contribution < -0.4 is 0 Å². The van der Waals surface area contributed by atoms with E-state index in [0.29, 0.717) is 21.9 Å². The summed E-state index contributed by atoms with van der Waals surface area (Å²) in [6.45, 7) is 0. The molecule has 1 heterocycles. The van der Waals surface area contributed by atoms with Crippen molar-refractivity contribution in [1.82, 2.24) is 4.98 Å². The van der Waals surface area contributed by atoms with Crippen molar-refractivity contribution >= 4 is 39.8 Å². The zero-order valence-corrected chi connectivity index (χ0v) is 15.1. The molecule has 0 radical (unpaired) electrons. The standard InChI is InChI=1S/C22H13Cl2NO/c23-19-13-18-17(22(24)25-19)12-11-16(14-7-3-1-4-8-14)20(18)21(26)15-9-5-2-6-10-15/h1-13H. The molecule has 3 aromatic carbocycles. The number of nitrogens with zero attached hydrogens (tertiary/aromatic N) is 1. The summed E-state index contributed by atoms with van der Waals surface area (Å²) in [5.74, 6) is -0.0756. The molecule has 0 atom stereocenters. The first-order chi connectivity index (χ1) is 12.6. The van der Waals surface area contributed by atoms with Gasteiger partial charge in [-0.05, 0) is 22.6 Å². The van der Waals surface area contributed by atoms with Gasteiger partial charge in [-0.15, -0.1) is 0 Å². The molecule has 0 N–H and O–H groups in total. The summed E-state index contributed by atoms with van der Waals surface area (Å²) in [7, 11) is 0. The zero-order chi connectivity index (χ0) is 18.1. The van der Waals surface area contributed by atoms with Crippen LogP contribution >= 0.6 is 23.2 Å². The van der Waals surface area contributed by atoms with Crippen LogP contribution in [0, 0.1) is 0 Å². The molecule has 0 unspecified atom stereocenters. The zero-order valence-electron chi connectivity index (χ0n) is 13.6. The molecule has 4 heteroatoms. The number of hydrogen-bond donors (Lipinski definition) is 0. The van der Waals surface area contributed by atoms with E-state index in [1.165, 1.54) is 0 Å². The molecule has 0 saturated heterocycles. The maximum atomic E-state index is 13.4. The van der Waals surface area contributed by atoms with Crippen LogP contribution in [-0.4, -0.2) is 10.8 Å². The van der Waals surface area contributed by atoms with E-state index in [4.69, 9.17) is 23.2 Å². The number of halogens is 2. The number of carbonyl (C=O) groups excluding carboxylic acids is 1. The lowest BCUT2D eigenvalue weighted by molar-refractivity contribution is 0.104. The van der Waals surface area contributed by atoms with E-state index in [0.717, 1.165) is 11.1 Å². The lowest BCUT2D eigenvalue weighted by atomic mass is 9.90. The number of aromatic nitrogens is 1. The van der Waals surface area contributed by atoms with Crippen molar-refractivity contribution in [3.05, 3.63) is 100 Å². The average Bonchev–Trinajstić information content (AvgIpc) is 2.68. The minimum Gasteiger partial charge on any atom is -0.289 e. The van der Waals surface area contributed by atoms with E-state index < -0.39 is 0 Å². The highest BCUT2D eigenvalue weighted by atomic mass is 35.5. The Hall–Kier alpha value is -2.68. The van der Waals surface area contributed by atoms with Crippen LogP contribution in [0.1, 0.15) is 15.9 Å². The summed E-state index contributed by atoms with van der Waals surface area (Å²) in [4.78, 5) is 17.5. The van der Waals surface area contributed by atoms with E-state index in [9.17, 15) is 4.79 Å². The van der Waals surface area contributed by atoms with Crippen molar-refractivity contribution in [2.24, 2.45) is 0 Å². The van der Waals surface area contributed by atoms with E-state index in [1.54, 1.807) is 18.2 Å². The Kier molecular flexibility index (Phi) is 4.46. The number of ketones is 1. The van der Waals surface area contributed by atoms with Crippen LogP contribution in [-0.2, 0) is 0 Å². The third kappa shape index (κ3) is 2.98. The van der Waals surface area contributed by atoms with Gasteiger partial charge in [0.2, 0.25) is 0 Å². The van der Waals surface area contributed by atoms with E-state index >= 15 is 0 Å². The molecule has 0 amide bonds. The lowest BCUT2D eigenvalue weighted by Gasteiger charge is -2.14. The second-order valence-electron chi connectivity index (χ2n) is 5.88. The first-order valence-electron chi connectivity index (χ1n) is 8.09. The van der Waals surface area contributed by atoms with E-state index in [2.05, 4.69) is 4.98 Å². The van der Waals surface area contributed by atoms with Gasteiger partial charge in [-0.25, -0.2) is 4.98 Å². The number of fused-ring (bicyclic) bond motifs is 1. The van der Waals surface area contributed by atoms with Gasteiger partial charge in [0.05, 0.1) is 0 Å². The van der Waals surface area contributed by atoms with E-state index in [1.807, 2.05) is 60.7 Å². The lowest BCUT2D eigenvalue weighted by Crippen LogP contribution is -2.05. The predicted octanol–water partition coefficient (Wildman–Crippen LogP) is 6.44. The second kappa shape index (κ2) is 6.91. The van der Waals surface area contributed by atoms with Gasteiger partial charge in [0.25, 0.3) is 0 Å². The monoisotopic (exact) mass is 377 g/mol. The maximum Gasteiger partial charge on any atom is 0.194 e. The molecule has 0 fully saturated rings. The number of benzene rings is 3. The molecule has 0 aliphatic rings. The van der Waals surface area contributed by atoms with Crippen molar-refractivity contribution in [1.29, 1.82) is 0 Å². The fraction of sp³-hybridized carbons (Fsp3) is 0.